The number of nitriles is 1. The molecule has 0 N–H and O–H groups in total. The predicted octanol–water partition coefficient (Wildman–Crippen LogP) is 11.4. The lowest BCUT2D eigenvalue weighted by Gasteiger charge is -2.29. The number of hydrogen-bond donors (Lipinski definition) is 0. The second-order valence-electron chi connectivity index (χ2n) is 12.2. The number of aryl methyl sites for hydroxylation is 1. The van der Waals surface area contributed by atoms with Gasteiger partial charge >= 0.3 is 0 Å². The summed E-state index contributed by atoms with van der Waals surface area (Å²) in [7, 11) is 0. The van der Waals surface area contributed by atoms with Crippen molar-refractivity contribution in [2.45, 2.75) is 117 Å². The van der Waals surface area contributed by atoms with Crippen molar-refractivity contribution in [3.05, 3.63) is 101 Å². The van der Waals surface area contributed by atoms with Crippen LogP contribution in [0.1, 0.15) is 120 Å². The zero-order valence-electron chi connectivity index (χ0n) is 26.6. The number of nitrogens with zero attached hydrogens (tertiary/aromatic N) is 1. The monoisotopic (exact) mass is 577 g/mol. The van der Waals surface area contributed by atoms with Gasteiger partial charge < -0.3 is 9.47 Å². The Balaban J connectivity index is 1.66. The lowest BCUT2D eigenvalue weighted by Crippen LogP contribution is -2.12. The van der Waals surface area contributed by atoms with Crippen molar-refractivity contribution >= 4 is 5.57 Å². The molecule has 228 valence electrons. The molecule has 3 aromatic rings. The van der Waals surface area contributed by atoms with Gasteiger partial charge in [0, 0.05) is 0 Å². The first-order valence-corrected chi connectivity index (χ1v) is 16.8. The minimum atomic E-state index is 0.460. The molecule has 0 saturated carbocycles. The molecule has 0 saturated heterocycles. The summed E-state index contributed by atoms with van der Waals surface area (Å²) in [5.74, 6) is 2.40. The highest BCUT2D eigenvalue weighted by molar-refractivity contribution is 5.79. The first-order valence-electron chi connectivity index (χ1n) is 16.8. The smallest absolute Gasteiger partial charge is 0.131 e. The van der Waals surface area contributed by atoms with Crippen LogP contribution in [-0.2, 0) is 19.6 Å². The number of unbranched alkanes of at least 4 members (excludes halogenated alkanes) is 7. The van der Waals surface area contributed by atoms with E-state index >= 15 is 0 Å². The first-order chi connectivity index (χ1) is 21.2. The molecule has 1 aliphatic carbocycles. The fourth-order valence-electron chi connectivity index (χ4n) is 6.23. The summed E-state index contributed by atoms with van der Waals surface area (Å²) in [6.07, 6.45) is 16.1. The molecule has 0 radical (unpaired) electrons. The zero-order chi connectivity index (χ0) is 30.1. The maximum Gasteiger partial charge on any atom is 0.131 e. The van der Waals surface area contributed by atoms with Gasteiger partial charge in [0.15, 0.2) is 0 Å². The second kappa shape index (κ2) is 18.2. The summed E-state index contributed by atoms with van der Waals surface area (Å²) in [6.45, 7) is 5.57. The van der Waals surface area contributed by atoms with E-state index < -0.39 is 0 Å². The van der Waals surface area contributed by atoms with Gasteiger partial charge in [-0.2, -0.15) is 5.26 Å². The van der Waals surface area contributed by atoms with E-state index in [1.54, 1.807) is 0 Å². The molecule has 3 nitrogen and oxygen atoms in total. The number of rotatable bonds is 18. The molecule has 1 unspecified atom stereocenters. The molecule has 3 heteroatoms. The van der Waals surface area contributed by atoms with Crippen LogP contribution in [0.3, 0.4) is 0 Å². The Bertz CT molecular complexity index is 1240. The summed E-state index contributed by atoms with van der Waals surface area (Å²) in [5.41, 5.74) is 7.15. The normalized spacial score (nSPS) is 14.9. The molecule has 1 aliphatic rings. The molecule has 0 heterocycles. The maximum absolute atomic E-state index is 9.75. The third-order valence-electron chi connectivity index (χ3n) is 8.86. The average Bonchev–Trinajstić information content (AvgIpc) is 3.05. The number of benzene rings is 3. The van der Waals surface area contributed by atoms with Crippen LogP contribution >= 0.6 is 0 Å². The first kappa shape index (κ1) is 32.4. The van der Waals surface area contributed by atoms with Gasteiger partial charge in [0.05, 0.1) is 18.1 Å². The molecule has 0 aromatic heterocycles. The predicted molar refractivity (Wildman–Crippen MR) is 179 cm³/mol. The van der Waals surface area contributed by atoms with E-state index in [2.05, 4.69) is 80.6 Å². The lowest BCUT2D eigenvalue weighted by molar-refractivity contribution is 0.287. The van der Waals surface area contributed by atoms with Gasteiger partial charge in [0.1, 0.15) is 24.7 Å². The van der Waals surface area contributed by atoms with Crippen molar-refractivity contribution in [3.8, 4) is 17.6 Å². The SMILES string of the molecule is CCCCCCCCCCc1cc(OCc2ccccc2)c(C2=C(CC#N)CCC(CC)C2)c(OCc2ccccc2)c1. The Morgan fingerprint density at radius 2 is 1.28 bits per heavy atom. The van der Waals surface area contributed by atoms with Crippen molar-refractivity contribution in [2.75, 3.05) is 0 Å². The van der Waals surface area contributed by atoms with Crippen LogP contribution in [-0.4, -0.2) is 0 Å². The fraction of sp³-hybridized carbons (Fsp3) is 0.475. The van der Waals surface area contributed by atoms with Crippen LogP contribution in [0.15, 0.2) is 78.4 Å². The Morgan fingerprint density at radius 3 is 1.81 bits per heavy atom. The molecule has 1 atom stereocenters. The van der Waals surface area contributed by atoms with E-state index in [9.17, 15) is 5.26 Å². The van der Waals surface area contributed by atoms with E-state index in [-0.39, 0.29) is 0 Å². The van der Waals surface area contributed by atoms with Gasteiger partial charge in [-0.1, -0.05) is 131 Å². The number of hydrogen-bond acceptors (Lipinski definition) is 3. The van der Waals surface area contributed by atoms with E-state index in [0.29, 0.717) is 25.6 Å². The standard InChI is InChI=1S/C40H51NO2/c1-3-5-6-7-8-9-10-13-22-35-28-38(42-30-33-18-14-11-15-19-33)40(37-27-32(4-2)23-24-36(37)25-26-41)39(29-35)43-31-34-20-16-12-17-21-34/h11-12,14-21,28-29,32H,3-10,13,22-25,27,30-31H2,1-2H3. The van der Waals surface area contributed by atoms with E-state index in [1.165, 1.54) is 68.1 Å². The molecule has 3 aromatic carbocycles. The summed E-state index contributed by atoms with van der Waals surface area (Å²) in [6, 6.07) is 27.8. The molecule has 0 spiro atoms. The topological polar surface area (TPSA) is 42.2 Å². The second-order valence-corrected chi connectivity index (χ2v) is 12.2. The van der Waals surface area contributed by atoms with Crippen molar-refractivity contribution < 1.29 is 9.47 Å². The van der Waals surface area contributed by atoms with E-state index in [4.69, 9.17) is 9.47 Å². The van der Waals surface area contributed by atoms with Crippen molar-refractivity contribution in [1.82, 2.24) is 0 Å². The quantitative estimate of drug-likeness (QED) is 0.141. The van der Waals surface area contributed by atoms with Crippen molar-refractivity contribution in [2.24, 2.45) is 5.92 Å². The third-order valence-corrected chi connectivity index (χ3v) is 8.86. The van der Waals surface area contributed by atoms with Gasteiger partial charge in [0.25, 0.3) is 0 Å². The van der Waals surface area contributed by atoms with Gasteiger partial charge in [0.2, 0.25) is 0 Å². The molecule has 43 heavy (non-hydrogen) atoms. The van der Waals surface area contributed by atoms with E-state index in [0.717, 1.165) is 60.3 Å². The third kappa shape index (κ3) is 10.3. The van der Waals surface area contributed by atoms with Crippen LogP contribution in [0, 0.1) is 17.2 Å². The van der Waals surface area contributed by atoms with Gasteiger partial charge in [-0.25, -0.2) is 0 Å². The van der Waals surface area contributed by atoms with Crippen molar-refractivity contribution in [3.63, 3.8) is 0 Å². The minimum Gasteiger partial charge on any atom is -0.488 e. The largest absolute Gasteiger partial charge is 0.488 e. The molecular weight excluding hydrogens is 526 g/mol. The molecule has 0 bridgehead atoms. The Labute approximate surface area is 260 Å². The summed E-state index contributed by atoms with van der Waals surface area (Å²) < 4.78 is 13.4. The Kier molecular flexibility index (Phi) is 13.7. The minimum absolute atomic E-state index is 0.460. The number of allylic oxidation sites excluding steroid dienone is 2. The maximum atomic E-state index is 9.75. The molecular formula is C40H51NO2. The fourth-order valence-corrected chi connectivity index (χ4v) is 6.23. The van der Waals surface area contributed by atoms with Gasteiger partial charge in [-0.3, -0.25) is 0 Å². The average molecular weight is 578 g/mol. The van der Waals surface area contributed by atoms with Gasteiger partial charge in [-0.05, 0) is 72.4 Å². The molecule has 0 aliphatic heterocycles. The lowest BCUT2D eigenvalue weighted by atomic mass is 9.78. The van der Waals surface area contributed by atoms with Crippen LogP contribution < -0.4 is 9.47 Å². The Morgan fingerprint density at radius 1 is 0.721 bits per heavy atom. The number of ether oxygens (including phenoxy) is 2. The summed E-state index contributed by atoms with van der Waals surface area (Å²) in [4.78, 5) is 0. The highest BCUT2D eigenvalue weighted by atomic mass is 16.5. The highest BCUT2D eigenvalue weighted by Crippen LogP contribution is 2.46. The van der Waals surface area contributed by atoms with Crippen molar-refractivity contribution in [1.29, 1.82) is 5.26 Å². The molecule has 4 rings (SSSR count). The summed E-state index contributed by atoms with van der Waals surface area (Å²) >= 11 is 0. The zero-order valence-corrected chi connectivity index (χ0v) is 26.6. The van der Waals surface area contributed by atoms with Crippen LogP contribution in [0.2, 0.25) is 0 Å². The highest BCUT2D eigenvalue weighted by Gasteiger charge is 2.27. The molecule has 0 amide bonds. The van der Waals surface area contributed by atoms with Crippen LogP contribution in [0.4, 0.5) is 0 Å². The summed E-state index contributed by atoms with van der Waals surface area (Å²) in [5, 5.41) is 9.75. The van der Waals surface area contributed by atoms with Crippen LogP contribution in [0.5, 0.6) is 11.5 Å². The van der Waals surface area contributed by atoms with Crippen LogP contribution in [0.25, 0.3) is 5.57 Å². The molecule has 0 fully saturated rings. The van der Waals surface area contributed by atoms with E-state index in [1.807, 2.05) is 12.1 Å². The van der Waals surface area contributed by atoms with Gasteiger partial charge in [-0.15, -0.1) is 0 Å². The Hall–Kier alpha value is -3.51.